The summed E-state index contributed by atoms with van der Waals surface area (Å²) < 4.78 is 39.0. The molecule has 0 saturated heterocycles. The Morgan fingerprint density at radius 3 is 2.62 bits per heavy atom. The third kappa shape index (κ3) is 3.30. The second-order valence-corrected chi connectivity index (χ2v) is 6.45. The zero-order chi connectivity index (χ0) is 15.8. The van der Waals surface area contributed by atoms with Crippen LogP contribution in [-0.4, -0.2) is 23.9 Å². The number of anilines is 1. The van der Waals surface area contributed by atoms with Crippen molar-refractivity contribution >= 4 is 37.7 Å². The maximum atomic E-state index is 13.0. The van der Waals surface area contributed by atoms with Gasteiger partial charge < -0.3 is 5.32 Å². The van der Waals surface area contributed by atoms with E-state index in [2.05, 4.69) is 10.4 Å². The fourth-order valence-corrected chi connectivity index (χ4v) is 3.64. The monoisotopic (exact) mass is 337 g/mol. The van der Waals surface area contributed by atoms with Crippen molar-refractivity contribution in [2.75, 3.05) is 12.4 Å². The van der Waals surface area contributed by atoms with Gasteiger partial charge in [0.1, 0.15) is 0 Å². The number of alkyl halides is 3. The largest absolute Gasteiger partial charge is 0.417 e. The zero-order valence-corrected chi connectivity index (χ0v) is 12.9. The lowest BCUT2D eigenvalue weighted by atomic mass is 10.1. The van der Waals surface area contributed by atoms with Crippen LogP contribution in [-0.2, 0) is 11.0 Å². The van der Waals surface area contributed by atoms with Crippen LogP contribution in [0.3, 0.4) is 0 Å². The van der Waals surface area contributed by atoms with Crippen molar-refractivity contribution in [3.63, 3.8) is 0 Å². The highest BCUT2D eigenvalue weighted by Gasteiger charge is 2.36. The van der Waals surface area contributed by atoms with Gasteiger partial charge in [-0.25, -0.2) is 0 Å². The van der Waals surface area contributed by atoms with Crippen LogP contribution in [0.1, 0.15) is 23.8 Å². The summed E-state index contributed by atoms with van der Waals surface area (Å²) in [5.74, 6) is -0.342. The first-order valence-electron chi connectivity index (χ1n) is 5.89. The molecular formula is C12H12ClF3N3OP. The Labute approximate surface area is 126 Å². The minimum absolute atomic E-state index is 0.218. The molecule has 1 heterocycles. The number of halogens is 4. The van der Waals surface area contributed by atoms with E-state index in [-0.39, 0.29) is 20.1 Å². The van der Waals surface area contributed by atoms with E-state index in [4.69, 9.17) is 11.6 Å². The van der Waals surface area contributed by atoms with E-state index in [9.17, 15) is 18.0 Å². The molecule has 0 bridgehead atoms. The average Bonchev–Trinajstić information content (AvgIpc) is 2.67. The van der Waals surface area contributed by atoms with Gasteiger partial charge in [-0.05, 0) is 27.6 Å². The van der Waals surface area contributed by atoms with E-state index in [0.29, 0.717) is 12.0 Å². The Hall–Kier alpha value is -1.33. The van der Waals surface area contributed by atoms with Crippen molar-refractivity contribution in [2.45, 2.75) is 18.9 Å². The van der Waals surface area contributed by atoms with Gasteiger partial charge in [-0.3, -0.25) is 9.80 Å². The lowest BCUT2D eigenvalue weighted by Gasteiger charge is -2.23. The van der Waals surface area contributed by atoms with E-state index in [1.807, 2.05) is 6.92 Å². The van der Waals surface area contributed by atoms with Gasteiger partial charge in [-0.15, -0.1) is 0 Å². The molecule has 0 radical (unpaired) electrons. The third-order valence-electron chi connectivity index (χ3n) is 2.98. The molecule has 21 heavy (non-hydrogen) atoms. The molecule has 0 aromatic heterocycles. The summed E-state index contributed by atoms with van der Waals surface area (Å²) in [6.07, 6.45) is -4.14. The molecule has 4 nitrogen and oxygen atoms in total. The van der Waals surface area contributed by atoms with Crippen LogP contribution < -0.4 is 5.32 Å². The summed E-state index contributed by atoms with van der Waals surface area (Å²) in [7, 11) is 1.90. The van der Waals surface area contributed by atoms with Crippen molar-refractivity contribution in [2.24, 2.45) is 5.10 Å². The second-order valence-electron chi connectivity index (χ2n) is 4.49. The van der Waals surface area contributed by atoms with E-state index in [1.54, 1.807) is 12.1 Å². The van der Waals surface area contributed by atoms with Crippen LogP contribution in [0, 0.1) is 0 Å². The molecule has 1 aromatic carbocycles. The number of hydrazone groups is 1. The molecule has 1 amide bonds. The fourth-order valence-electron chi connectivity index (χ4n) is 2.12. The van der Waals surface area contributed by atoms with Gasteiger partial charge in [0.25, 0.3) is 0 Å². The summed E-state index contributed by atoms with van der Waals surface area (Å²) in [5.41, 5.74) is 0.527. The van der Waals surface area contributed by atoms with Gasteiger partial charge in [0.15, 0.2) is 0 Å². The number of nitrogens with one attached hydrogen (secondary N) is 1. The molecule has 114 valence electrons. The standard InChI is InChI=1S/C12H12ClF3N3OP/c1-6-18-19(2)11(21-6)7-3-8(12(14,15)16)9(13)4-10(7)17-5-20/h3-5,11,21H,1-2H3,(H,17,20). The summed E-state index contributed by atoms with van der Waals surface area (Å²) >= 11 is 5.68. The van der Waals surface area contributed by atoms with Gasteiger partial charge >= 0.3 is 6.18 Å². The zero-order valence-electron chi connectivity index (χ0n) is 11.1. The highest BCUT2D eigenvalue weighted by atomic mass is 35.5. The SMILES string of the molecule is CC1=NN(C)C(c2cc(C(F)(F)F)c(Cl)cc2NC=O)P1. The van der Waals surface area contributed by atoms with Crippen LogP contribution in [0.25, 0.3) is 0 Å². The fraction of sp³-hybridized carbons (Fsp3) is 0.333. The predicted molar refractivity (Wildman–Crippen MR) is 78.1 cm³/mol. The van der Waals surface area contributed by atoms with Crippen molar-refractivity contribution < 1.29 is 18.0 Å². The van der Waals surface area contributed by atoms with E-state index >= 15 is 0 Å². The predicted octanol–water partition coefficient (Wildman–Crippen LogP) is 3.88. The maximum absolute atomic E-state index is 13.0. The number of nitrogens with zero attached hydrogens (tertiary/aromatic N) is 2. The van der Waals surface area contributed by atoms with Gasteiger partial charge in [-0.1, -0.05) is 11.6 Å². The molecule has 1 aliphatic heterocycles. The van der Waals surface area contributed by atoms with Crippen molar-refractivity contribution in [1.29, 1.82) is 0 Å². The molecule has 0 aliphatic carbocycles. The molecule has 1 aromatic rings. The summed E-state index contributed by atoms with van der Waals surface area (Å²) in [5, 5.41) is 7.74. The number of rotatable bonds is 3. The average molecular weight is 338 g/mol. The first-order valence-corrected chi connectivity index (χ1v) is 7.35. The van der Waals surface area contributed by atoms with Gasteiger partial charge in [0, 0.05) is 18.3 Å². The van der Waals surface area contributed by atoms with E-state index < -0.39 is 16.8 Å². The van der Waals surface area contributed by atoms with Crippen LogP contribution in [0.5, 0.6) is 0 Å². The summed E-state index contributed by atoms with van der Waals surface area (Å²) in [6, 6.07) is 2.11. The van der Waals surface area contributed by atoms with Gasteiger partial charge in [0.2, 0.25) is 6.41 Å². The quantitative estimate of drug-likeness (QED) is 0.672. The van der Waals surface area contributed by atoms with Crippen molar-refractivity contribution in [3.8, 4) is 0 Å². The third-order valence-corrected chi connectivity index (χ3v) is 4.77. The summed E-state index contributed by atoms with van der Waals surface area (Å²) in [4.78, 5) is 10.7. The molecule has 2 unspecified atom stereocenters. The molecule has 0 spiro atoms. The lowest BCUT2D eigenvalue weighted by Crippen LogP contribution is -2.15. The molecular weight excluding hydrogens is 326 g/mol. The maximum Gasteiger partial charge on any atom is 0.417 e. The second kappa shape index (κ2) is 5.81. The van der Waals surface area contributed by atoms with Crippen LogP contribution in [0.4, 0.5) is 18.9 Å². The normalized spacial score (nSPS) is 19.8. The highest BCUT2D eigenvalue weighted by molar-refractivity contribution is 7.58. The Morgan fingerprint density at radius 2 is 2.14 bits per heavy atom. The molecule has 0 saturated carbocycles. The first kappa shape index (κ1) is 16.0. The Morgan fingerprint density at radius 1 is 1.48 bits per heavy atom. The minimum atomic E-state index is -4.55. The summed E-state index contributed by atoms with van der Waals surface area (Å²) in [6.45, 7) is 1.81. The van der Waals surface area contributed by atoms with E-state index in [0.717, 1.165) is 17.6 Å². The van der Waals surface area contributed by atoms with Crippen molar-refractivity contribution in [1.82, 2.24) is 5.01 Å². The highest BCUT2D eigenvalue weighted by Crippen LogP contribution is 2.48. The molecule has 1 N–H and O–H groups in total. The van der Waals surface area contributed by atoms with Crippen LogP contribution in [0.15, 0.2) is 17.2 Å². The number of carbonyl (C=O) groups excluding carboxylic acids is 1. The Bertz CT molecular complexity index is 606. The van der Waals surface area contributed by atoms with Crippen molar-refractivity contribution in [3.05, 3.63) is 28.3 Å². The Kier molecular flexibility index (Phi) is 4.44. The molecule has 1 aliphatic rings. The Balaban J connectivity index is 2.54. The number of hydrogen-bond acceptors (Lipinski definition) is 3. The minimum Gasteiger partial charge on any atom is -0.328 e. The molecule has 2 rings (SSSR count). The molecule has 0 fully saturated rings. The first-order chi connectivity index (χ1) is 9.74. The van der Waals surface area contributed by atoms with Crippen LogP contribution in [0.2, 0.25) is 5.02 Å². The number of hydrogen-bond donors (Lipinski definition) is 1. The lowest BCUT2D eigenvalue weighted by molar-refractivity contribution is -0.137. The molecule has 9 heteroatoms. The number of carbonyl (C=O) groups is 1. The topological polar surface area (TPSA) is 44.7 Å². The van der Waals surface area contributed by atoms with Crippen LogP contribution >= 0.6 is 20.2 Å². The smallest absolute Gasteiger partial charge is 0.328 e. The molecule has 2 atom stereocenters. The number of amides is 1. The van der Waals surface area contributed by atoms with Gasteiger partial charge in [0.05, 0.1) is 21.8 Å². The van der Waals surface area contributed by atoms with E-state index in [1.165, 1.54) is 0 Å². The number of benzene rings is 1. The van der Waals surface area contributed by atoms with Gasteiger partial charge in [-0.2, -0.15) is 18.3 Å².